The Morgan fingerprint density at radius 1 is 1.53 bits per heavy atom. The molecule has 0 unspecified atom stereocenters. The molecule has 0 spiro atoms. The van der Waals surface area contributed by atoms with Crippen LogP contribution in [0, 0.1) is 5.82 Å². The number of rotatable bonds is 6. The van der Waals surface area contributed by atoms with Crippen molar-refractivity contribution in [3.8, 4) is 0 Å². The highest BCUT2D eigenvalue weighted by Crippen LogP contribution is 2.22. The maximum Gasteiger partial charge on any atom is 0.161 e. The molecule has 0 N–H and O–H groups in total. The first-order valence-corrected chi connectivity index (χ1v) is 5.76. The third-order valence-electron chi connectivity index (χ3n) is 2.52. The highest BCUT2D eigenvalue weighted by atomic mass is 19.1. The van der Waals surface area contributed by atoms with Gasteiger partial charge in [0.2, 0.25) is 0 Å². The Morgan fingerprint density at radius 2 is 2.24 bits per heavy atom. The first kappa shape index (κ1) is 13.4. The van der Waals surface area contributed by atoms with Crippen LogP contribution in [0.5, 0.6) is 0 Å². The van der Waals surface area contributed by atoms with E-state index in [2.05, 4.69) is 13.5 Å². The molecule has 92 valence electrons. The van der Waals surface area contributed by atoms with Gasteiger partial charge in [0, 0.05) is 24.3 Å². The lowest BCUT2D eigenvalue weighted by atomic mass is 10.1. The molecule has 0 amide bonds. The van der Waals surface area contributed by atoms with Crippen molar-refractivity contribution in [1.82, 2.24) is 0 Å². The molecular weight excluding hydrogens is 217 g/mol. The number of carbonyl (C=O) groups excluding carboxylic acids is 1. The van der Waals surface area contributed by atoms with Crippen LogP contribution in [0.2, 0.25) is 0 Å². The number of ketones is 1. The molecule has 0 heterocycles. The largest absolute Gasteiger partial charge is 0.367 e. The molecule has 1 aromatic carbocycles. The third kappa shape index (κ3) is 3.41. The van der Waals surface area contributed by atoms with E-state index in [1.165, 1.54) is 19.1 Å². The number of benzene rings is 1. The number of anilines is 1. The molecule has 0 bridgehead atoms. The summed E-state index contributed by atoms with van der Waals surface area (Å²) in [6.07, 6.45) is 2.74. The van der Waals surface area contributed by atoms with Gasteiger partial charge in [0.25, 0.3) is 0 Å². The van der Waals surface area contributed by atoms with E-state index in [0.717, 1.165) is 18.7 Å². The topological polar surface area (TPSA) is 20.3 Å². The summed E-state index contributed by atoms with van der Waals surface area (Å²) in [6, 6.07) is 4.34. The van der Waals surface area contributed by atoms with Crippen LogP contribution < -0.4 is 4.90 Å². The van der Waals surface area contributed by atoms with Gasteiger partial charge in [-0.15, -0.1) is 6.58 Å². The third-order valence-corrected chi connectivity index (χ3v) is 2.52. The minimum atomic E-state index is -0.381. The summed E-state index contributed by atoms with van der Waals surface area (Å²) in [5, 5.41) is 0. The fraction of sp³-hybridized carbons (Fsp3) is 0.357. The van der Waals surface area contributed by atoms with E-state index in [9.17, 15) is 9.18 Å². The van der Waals surface area contributed by atoms with E-state index in [-0.39, 0.29) is 11.6 Å². The summed E-state index contributed by atoms with van der Waals surface area (Å²) in [7, 11) is 0. The Kier molecular flexibility index (Phi) is 4.88. The molecule has 1 aromatic rings. The number of hydrogen-bond donors (Lipinski definition) is 0. The van der Waals surface area contributed by atoms with Gasteiger partial charge in [-0.2, -0.15) is 0 Å². The number of Topliss-reactive ketones (excluding diaryl/α,β-unsaturated/α-hetero) is 1. The molecule has 17 heavy (non-hydrogen) atoms. The SMILES string of the molecule is C=CCN(CCC)c1ccc(F)cc1C(C)=O. The van der Waals surface area contributed by atoms with Gasteiger partial charge in [0.05, 0.1) is 0 Å². The molecule has 0 aliphatic rings. The fourth-order valence-corrected chi connectivity index (χ4v) is 1.80. The average Bonchev–Trinajstić information content (AvgIpc) is 2.28. The van der Waals surface area contributed by atoms with Crippen molar-refractivity contribution in [2.75, 3.05) is 18.0 Å². The van der Waals surface area contributed by atoms with Gasteiger partial charge in [-0.25, -0.2) is 4.39 Å². The van der Waals surface area contributed by atoms with Crippen molar-refractivity contribution in [3.63, 3.8) is 0 Å². The van der Waals surface area contributed by atoms with Crippen LogP contribution in [0.15, 0.2) is 30.9 Å². The summed E-state index contributed by atoms with van der Waals surface area (Å²) in [5.41, 5.74) is 1.21. The van der Waals surface area contributed by atoms with Crippen molar-refractivity contribution in [1.29, 1.82) is 0 Å². The minimum absolute atomic E-state index is 0.121. The van der Waals surface area contributed by atoms with Crippen molar-refractivity contribution < 1.29 is 9.18 Å². The second kappa shape index (κ2) is 6.18. The fourth-order valence-electron chi connectivity index (χ4n) is 1.80. The lowest BCUT2D eigenvalue weighted by molar-refractivity contribution is 0.101. The minimum Gasteiger partial charge on any atom is -0.367 e. The van der Waals surface area contributed by atoms with Crippen LogP contribution in [0.1, 0.15) is 30.6 Å². The van der Waals surface area contributed by atoms with Crippen molar-refractivity contribution in [3.05, 3.63) is 42.2 Å². The van der Waals surface area contributed by atoms with Crippen molar-refractivity contribution in [2.24, 2.45) is 0 Å². The molecule has 0 atom stereocenters. The predicted octanol–water partition coefficient (Wildman–Crippen LogP) is 3.43. The van der Waals surface area contributed by atoms with Crippen LogP contribution in [-0.2, 0) is 0 Å². The molecule has 0 fully saturated rings. The molecular formula is C14H18FNO. The summed E-state index contributed by atoms with van der Waals surface area (Å²) in [4.78, 5) is 13.5. The Balaban J connectivity index is 3.16. The molecule has 0 aliphatic carbocycles. The standard InChI is InChI=1S/C14H18FNO/c1-4-8-16(9-5-2)14-7-6-12(15)10-13(14)11(3)17/h4,6-7,10H,1,5,8-9H2,2-3H3. The maximum absolute atomic E-state index is 13.2. The van der Waals surface area contributed by atoms with E-state index >= 15 is 0 Å². The summed E-state index contributed by atoms with van der Waals surface area (Å²) < 4.78 is 13.2. The molecule has 0 saturated heterocycles. The van der Waals surface area contributed by atoms with Gasteiger partial charge in [0.1, 0.15) is 5.82 Å². The first-order chi connectivity index (χ1) is 8.10. The quantitative estimate of drug-likeness (QED) is 0.556. The van der Waals surface area contributed by atoms with E-state index < -0.39 is 0 Å². The summed E-state index contributed by atoms with van der Waals surface area (Å²) >= 11 is 0. The van der Waals surface area contributed by atoms with Crippen LogP contribution in [0.3, 0.4) is 0 Å². The molecule has 0 saturated carbocycles. The first-order valence-electron chi connectivity index (χ1n) is 5.76. The van der Waals surface area contributed by atoms with Gasteiger partial charge in [-0.05, 0) is 31.5 Å². The lowest BCUT2D eigenvalue weighted by Gasteiger charge is -2.24. The molecule has 0 aromatic heterocycles. The zero-order valence-electron chi connectivity index (χ0n) is 10.4. The smallest absolute Gasteiger partial charge is 0.161 e. The number of nitrogens with zero attached hydrogens (tertiary/aromatic N) is 1. The normalized spacial score (nSPS) is 10.1. The Bertz CT molecular complexity index is 415. The lowest BCUT2D eigenvalue weighted by Crippen LogP contribution is -2.25. The van der Waals surface area contributed by atoms with Crippen LogP contribution in [0.25, 0.3) is 0 Å². The van der Waals surface area contributed by atoms with Gasteiger partial charge in [-0.3, -0.25) is 4.79 Å². The molecule has 1 rings (SSSR count). The zero-order chi connectivity index (χ0) is 12.8. The Hall–Kier alpha value is -1.64. The summed E-state index contributed by atoms with van der Waals surface area (Å²) in [6.45, 7) is 8.69. The molecule has 2 nitrogen and oxygen atoms in total. The second-order valence-corrected chi connectivity index (χ2v) is 3.95. The van der Waals surface area contributed by atoms with Crippen LogP contribution in [0.4, 0.5) is 10.1 Å². The van der Waals surface area contributed by atoms with E-state index in [1.54, 1.807) is 12.1 Å². The van der Waals surface area contributed by atoms with Crippen molar-refractivity contribution >= 4 is 11.5 Å². The van der Waals surface area contributed by atoms with E-state index in [1.807, 2.05) is 4.90 Å². The van der Waals surface area contributed by atoms with Gasteiger partial charge in [0.15, 0.2) is 5.78 Å². The number of hydrogen-bond acceptors (Lipinski definition) is 2. The maximum atomic E-state index is 13.2. The summed E-state index contributed by atoms with van der Waals surface area (Å²) in [5.74, 6) is -0.501. The molecule has 3 heteroatoms. The van der Waals surface area contributed by atoms with Crippen molar-refractivity contribution in [2.45, 2.75) is 20.3 Å². The molecule has 0 aliphatic heterocycles. The Labute approximate surface area is 102 Å². The highest BCUT2D eigenvalue weighted by Gasteiger charge is 2.13. The molecule has 0 radical (unpaired) electrons. The number of halogens is 1. The number of carbonyl (C=O) groups is 1. The van der Waals surface area contributed by atoms with Crippen LogP contribution in [-0.4, -0.2) is 18.9 Å². The van der Waals surface area contributed by atoms with E-state index in [0.29, 0.717) is 12.1 Å². The van der Waals surface area contributed by atoms with Gasteiger partial charge < -0.3 is 4.90 Å². The second-order valence-electron chi connectivity index (χ2n) is 3.95. The van der Waals surface area contributed by atoms with Crippen LogP contribution >= 0.6 is 0 Å². The predicted molar refractivity (Wildman–Crippen MR) is 69.1 cm³/mol. The zero-order valence-corrected chi connectivity index (χ0v) is 10.4. The highest BCUT2D eigenvalue weighted by molar-refractivity contribution is 5.99. The van der Waals surface area contributed by atoms with E-state index in [4.69, 9.17) is 0 Å². The monoisotopic (exact) mass is 235 g/mol. The van der Waals surface area contributed by atoms with Gasteiger partial charge in [-0.1, -0.05) is 13.0 Å². The average molecular weight is 235 g/mol. The van der Waals surface area contributed by atoms with Gasteiger partial charge >= 0.3 is 0 Å². The Morgan fingerprint density at radius 3 is 2.76 bits per heavy atom.